The summed E-state index contributed by atoms with van der Waals surface area (Å²) in [7, 11) is 0. The van der Waals surface area contributed by atoms with Crippen molar-refractivity contribution in [1.29, 1.82) is 0 Å². The number of rotatable bonds is 5. The molecule has 0 saturated carbocycles. The van der Waals surface area contributed by atoms with Crippen molar-refractivity contribution in [3.63, 3.8) is 0 Å². The van der Waals surface area contributed by atoms with E-state index < -0.39 is 0 Å². The average Bonchev–Trinajstić information content (AvgIpc) is 3.11. The van der Waals surface area contributed by atoms with E-state index in [0.717, 1.165) is 54.0 Å². The molecule has 8 nitrogen and oxygen atoms in total. The quantitative estimate of drug-likeness (QED) is 0.715. The zero-order chi connectivity index (χ0) is 18.1. The van der Waals surface area contributed by atoms with Gasteiger partial charge in [0, 0.05) is 30.8 Å². The van der Waals surface area contributed by atoms with Crippen molar-refractivity contribution in [2.24, 2.45) is 0 Å². The normalized spacial score (nSPS) is 18.4. The maximum absolute atomic E-state index is 6.21. The summed E-state index contributed by atoms with van der Waals surface area (Å²) in [6.45, 7) is 2.88. The van der Waals surface area contributed by atoms with Crippen LogP contribution in [0.2, 0.25) is 0 Å². The van der Waals surface area contributed by atoms with Gasteiger partial charge < -0.3 is 19.5 Å². The minimum absolute atomic E-state index is 0.118. The first-order valence-electron chi connectivity index (χ1n) is 9.25. The lowest BCUT2D eigenvalue weighted by molar-refractivity contribution is 0.0209. The molecule has 2 aliphatic heterocycles. The Kier molecular flexibility index (Phi) is 4.35. The zero-order valence-corrected chi connectivity index (χ0v) is 14.9. The van der Waals surface area contributed by atoms with Crippen LogP contribution in [0.1, 0.15) is 12.8 Å². The van der Waals surface area contributed by atoms with E-state index in [9.17, 15) is 0 Å². The summed E-state index contributed by atoms with van der Waals surface area (Å²) < 4.78 is 16.8. The van der Waals surface area contributed by atoms with Crippen LogP contribution in [0.25, 0.3) is 22.2 Å². The Balaban J connectivity index is 1.48. The Morgan fingerprint density at radius 3 is 2.74 bits per heavy atom. The van der Waals surface area contributed by atoms with Gasteiger partial charge in [0.1, 0.15) is 17.6 Å². The molecular formula is C19H21N5O3. The minimum atomic E-state index is 0.118. The van der Waals surface area contributed by atoms with Gasteiger partial charge in [0.05, 0.1) is 43.4 Å². The first-order chi connectivity index (χ1) is 13.4. The van der Waals surface area contributed by atoms with Crippen molar-refractivity contribution < 1.29 is 14.2 Å². The highest BCUT2D eigenvalue weighted by atomic mass is 16.5. The Morgan fingerprint density at radius 1 is 1.07 bits per heavy atom. The van der Waals surface area contributed by atoms with E-state index in [4.69, 9.17) is 14.2 Å². The topological polar surface area (TPSA) is 94.2 Å². The van der Waals surface area contributed by atoms with Gasteiger partial charge in [-0.1, -0.05) is 0 Å². The highest BCUT2D eigenvalue weighted by Gasteiger charge is 2.21. The summed E-state index contributed by atoms with van der Waals surface area (Å²) in [5.74, 6) is 1.43. The number of nitrogens with zero attached hydrogens (tertiary/aromatic N) is 3. The molecule has 0 atom stereocenters. The van der Waals surface area contributed by atoms with Crippen LogP contribution in [0.3, 0.4) is 0 Å². The third-order valence-electron chi connectivity index (χ3n) is 4.91. The van der Waals surface area contributed by atoms with E-state index in [0.29, 0.717) is 25.1 Å². The van der Waals surface area contributed by atoms with Crippen molar-refractivity contribution in [3.05, 3.63) is 30.6 Å². The van der Waals surface area contributed by atoms with Crippen LogP contribution in [0, 0.1) is 0 Å². The Hall–Kier alpha value is -2.71. The van der Waals surface area contributed by atoms with Crippen molar-refractivity contribution in [2.75, 3.05) is 31.7 Å². The number of hydrogen-bond acceptors (Lipinski definition) is 7. The van der Waals surface area contributed by atoms with Gasteiger partial charge in [-0.05, 0) is 18.2 Å². The smallest absolute Gasteiger partial charge is 0.225 e. The number of ether oxygens (including phenoxy) is 3. The number of aromatic amines is 1. The molecule has 0 aliphatic carbocycles. The van der Waals surface area contributed by atoms with E-state index in [1.54, 1.807) is 12.4 Å². The van der Waals surface area contributed by atoms with Gasteiger partial charge in [-0.15, -0.1) is 0 Å². The molecular weight excluding hydrogens is 346 g/mol. The summed E-state index contributed by atoms with van der Waals surface area (Å²) in [4.78, 5) is 8.88. The number of aromatic nitrogens is 4. The second-order valence-electron chi connectivity index (χ2n) is 6.85. The molecule has 8 heteroatoms. The molecule has 3 aromatic heterocycles. The van der Waals surface area contributed by atoms with Gasteiger partial charge in [-0.25, -0.2) is 9.97 Å². The molecule has 0 amide bonds. The molecule has 0 radical (unpaired) electrons. The van der Waals surface area contributed by atoms with Gasteiger partial charge in [-0.2, -0.15) is 5.10 Å². The monoisotopic (exact) mass is 367 g/mol. The lowest BCUT2D eigenvalue weighted by Crippen LogP contribution is -2.40. The Morgan fingerprint density at radius 2 is 1.93 bits per heavy atom. The van der Waals surface area contributed by atoms with E-state index in [1.165, 1.54) is 0 Å². The summed E-state index contributed by atoms with van der Waals surface area (Å²) in [6.07, 6.45) is 5.39. The molecule has 27 heavy (non-hydrogen) atoms. The second-order valence-corrected chi connectivity index (χ2v) is 6.85. The van der Waals surface area contributed by atoms with Crippen LogP contribution in [-0.2, 0) is 9.47 Å². The predicted octanol–water partition coefficient (Wildman–Crippen LogP) is 2.39. The molecule has 0 bridgehead atoms. The van der Waals surface area contributed by atoms with Crippen LogP contribution >= 0.6 is 0 Å². The highest BCUT2D eigenvalue weighted by molar-refractivity contribution is 5.96. The van der Waals surface area contributed by atoms with Gasteiger partial charge in [0.15, 0.2) is 0 Å². The largest absolute Gasteiger partial charge is 0.474 e. The Bertz CT molecular complexity index is 934. The summed E-state index contributed by atoms with van der Waals surface area (Å²) in [5, 5.41) is 11.9. The number of anilines is 1. The number of fused-ring (bicyclic) bond motifs is 1. The van der Waals surface area contributed by atoms with Crippen LogP contribution in [0.15, 0.2) is 30.6 Å². The number of H-pyrrole nitrogens is 1. The third-order valence-corrected chi connectivity index (χ3v) is 4.91. The van der Waals surface area contributed by atoms with E-state index >= 15 is 0 Å². The van der Waals surface area contributed by atoms with E-state index in [-0.39, 0.29) is 6.10 Å². The molecule has 2 aliphatic rings. The van der Waals surface area contributed by atoms with Gasteiger partial charge >= 0.3 is 0 Å². The number of hydrogen-bond donors (Lipinski definition) is 2. The molecule has 0 unspecified atom stereocenters. The SMILES string of the molecule is c1cc(-c2n[nH]c3ccnc(OC4CCOCC4)c23)cc(NC2COC2)n1. The fourth-order valence-corrected chi connectivity index (χ4v) is 3.37. The summed E-state index contributed by atoms with van der Waals surface area (Å²) >= 11 is 0. The second kappa shape index (κ2) is 7.13. The van der Waals surface area contributed by atoms with Crippen LogP contribution < -0.4 is 10.1 Å². The van der Waals surface area contributed by atoms with Gasteiger partial charge in [-0.3, -0.25) is 5.10 Å². The van der Waals surface area contributed by atoms with Crippen LogP contribution in [-0.4, -0.2) is 58.7 Å². The lowest BCUT2D eigenvalue weighted by atomic mass is 10.1. The molecule has 3 aromatic rings. The summed E-state index contributed by atoms with van der Waals surface area (Å²) in [6, 6.07) is 6.18. The lowest BCUT2D eigenvalue weighted by Gasteiger charge is -2.27. The molecule has 2 fully saturated rings. The fourth-order valence-electron chi connectivity index (χ4n) is 3.37. The van der Waals surface area contributed by atoms with Crippen molar-refractivity contribution in [3.8, 4) is 17.1 Å². The first-order valence-corrected chi connectivity index (χ1v) is 9.25. The van der Waals surface area contributed by atoms with Crippen molar-refractivity contribution in [1.82, 2.24) is 20.2 Å². The molecule has 5 heterocycles. The molecule has 2 N–H and O–H groups in total. The van der Waals surface area contributed by atoms with Crippen molar-refractivity contribution in [2.45, 2.75) is 25.0 Å². The predicted molar refractivity (Wildman–Crippen MR) is 99.8 cm³/mol. The number of nitrogens with one attached hydrogen (secondary N) is 2. The summed E-state index contributed by atoms with van der Waals surface area (Å²) in [5.41, 5.74) is 2.68. The van der Waals surface area contributed by atoms with Gasteiger partial charge in [0.2, 0.25) is 5.88 Å². The van der Waals surface area contributed by atoms with Crippen LogP contribution in [0.5, 0.6) is 5.88 Å². The molecule has 0 aromatic carbocycles. The maximum atomic E-state index is 6.21. The van der Waals surface area contributed by atoms with Crippen molar-refractivity contribution >= 4 is 16.7 Å². The standard InChI is InChI=1S/C19H21N5O3/c1-5-20-16(22-13-10-26-11-13)9-12(1)18-17-15(23-24-18)2-6-21-19(17)27-14-3-7-25-8-4-14/h1-2,5-6,9,13-14H,3-4,7-8,10-11H2,(H,20,22)(H,23,24). The van der Waals surface area contributed by atoms with E-state index in [1.807, 2.05) is 18.2 Å². The average molecular weight is 367 g/mol. The van der Waals surface area contributed by atoms with Gasteiger partial charge in [0.25, 0.3) is 0 Å². The minimum Gasteiger partial charge on any atom is -0.474 e. The molecule has 140 valence electrons. The highest BCUT2D eigenvalue weighted by Crippen LogP contribution is 2.34. The molecule has 2 saturated heterocycles. The molecule has 5 rings (SSSR count). The maximum Gasteiger partial charge on any atom is 0.225 e. The number of pyridine rings is 2. The molecule has 0 spiro atoms. The Labute approximate surface area is 156 Å². The zero-order valence-electron chi connectivity index (χ0n) is 14.9. The van der Waals surface area contributed by atoms with Crippen LogP contribution in [0.4, 0.5) is 5.82 Å². The van der Waals surface area contributed by atoms with E-state index in [2.05, 4.69) is 25.5 Å². The fraction of sp³-hybridized carbons (Fsp3) is 0.421. The third kappa shape index (κ3) is 3.33. The first kappa shape index (κ1) is 16.5.